The zero-order valence-corrected chi connectivity index (χ0v) is 13.6. The topological polar surface area (TPSA) is 108 Å². The summed E-state index contributed by atoms with van der Waals surface area (Å²) in [5.74, 6) is -0.140. The number of nitro groups is 1. The van der Waals surface area contributed by atoms with Crippen molar-refractivity contribution in [2.45, 2.75) is 39.8 Å². The van der Waals surface area contributed by atoms with Crippen molar-refractivity contribution >= 4 is 11.6 Å². The first-order valence-electron chi connectivity index (χ1n) is 7.26. The number of carbonyl (C=O) groups excluding carboxylic acids is 1. The summed E-state index contributed by atoms with van der Waals surface area (Å²) in [6.07, 6.45) is 3.14. The van der Waals surface area contributed by atoms with Crippen molar-refractivity contribution in [3.63, 3.8) is 0 Å². The van der Waals surface area contributed by atoms with Gasteiger partial charge in [0.25, 0.3) is 0 Å². The average Bonchev–Trinajstić information content (AvgIpc) is 3.01. The van der Waals surface area contributed by atoms with Crippen LogP contribution in [0.3, 0.4) is 0 Å². The van der Waals surface area contributed by atoms with E-state index in [0.29, 0.717) is 12.2 Å². The van der Waals surface area contributed by atoms with Crippen molar-refractivity contribution < 1.29 is 9.72 Å². The highest BCUT2D eigenvalue weighted by atomic mass is 16.6. The van der Waals surface area contributed by atoms with Crippen LogP contribution in [0.1, 0.15) is 36.3 Å². The van der Waals surface area contributed by atoms with Crippen LogP contribution in [0, 0.1) is 24.0 Å². The molecule has 0 bridgehead atoms. The monoisotopic (exact) mass is 320 g/mol. The molecule has 1 unspecified atom stereocenters. The molecule has 23 heavy (non-hydrogen) atoms. The SMILES string of the molecule is Cc1c(C(C)NC(=O)CCn2ncc([N+](=O)[O-])c2C)cnn1C. The van der Waals surface area contributed by atoms with Gasteiger partial charge in [-0.3, -0.25) is 24.3 Å². The highest BCUT2D eigenvalue weighted by Gasteiger charge is 2.18. The molecule has 1 atom stereocenters. The first kappa shape index (κ1) is 16.7. The Morgan fingerprint density at radius 2 is 2.04 bits per heavy atom. The van der Waals surface area contributed by atoms with Gasteiger partial charge in [0.2, 0.25) is 5.91 Å². The molecule has 9 nitrogen and oxygen atoms in total. The van der Waals surface area contributed by atoms with Crippen LogP contribution in [-0.2, 0) is 18.4 Å². The zero-order valence-electron chi connectivity index (χ0n) is 13.6. The third-order valence-electron chi connectivity index (χ3n) is 3.94. The maximum atomic E-state index is 12.1. The molecule has 0 aliphatic rings. The number of amides is 1. The van der Waals surface area contributed by atoms with Gasteiger partial charge in [-0.25, -0.2) is 0 Å². The van der Waals surface area contributed by atoms with E-state index in [1.165, 1.54) is 10.9 Å². The lowest BCUT2D eigenvalue weighted by atomic mass is 10.1. The lowest BCUT2D eigenvalue weighted by molar-refractivity contribution is -0.385. The summed E-state index contributed by atoms with van der Waals surface area (Å²) in [7, 11) is 1.85. The summed E-state index contributed by atoms with van der Waals surface area (Å²) in [5.41, 5.74) is 2.37. The van der Waals surface area contributed by atoms with Crippen LogP contribution in [0.15, 0.2) is 12.4 Å². The second kappa shape index (κ2) is 6.59. The van der Waals surface area contributed by atoms with Crippen molar-refractivity contribution in [2.75, 3.05) is 0 Å². The van der Waals surface area contributed by atoms with Gasteiger partial charge in [-0.1, -0.05) is 0 Å². The van der Waals surface area contributed by atoms with Crippen molar-refractivity contribution in [3.05, 3.63) is 39.5 Å². The van der Waals surface area contributed by atoms with E-state index in [0.717, 1.165) is 11.3 Å². The third-order valence-corrected chi connectivity index (χ3v) is 3.94. The maximum absolute atomic E-state index is 12.1. The van der Waals surface area contributed by atoms with Crippen molar-refractivity contribution in [2.24, 2.45) is 7.05 Å². The molecular formula is C14H20N6O3. The van der Waals surface area contributed by atoms with Gasteiger partial charge in [-0.05, 0) is 20.8 Å². The van der Waals surface area contributed by atoms with E-state index in [1.807, 2.05) is 20.9 Å². The van der Waals surface area contributed by atoms with Crippen LogP contribution < -0.4 is 5.32 Å². The van der Waals surface area contributed by atoms with Crippen molar-refractivity contribution in [1.82, 2.24) is 24.9 Å². The van der Waals surface area contributed by atoms with Crippen LogP contribution in [0.2, 0.25) is 0 Å². The molecule has 0 aromatic carbocycles. The largest absolute Gasteiger partial charge is 0.349 e. The number of hydrogen-bond acceptors (Lipinski definition) is 5. The molecule has 1 amide bonds. The van der Waals surface area contributed by atoms with Gasteiger partial charge in [0, 0.05) is 24.7 Å². The number of aromatic nitrogens is 4. The lowest BCUT2D eigenvalue weighted by Gasteiger charge is -2.14. The number of rotatable bonds is 6. The van der Waals surface area contributed by atoms with Crippen molar-refractivity contribution in [1.29, 1.82) is 0 Å². The fourth-order valence-electron chi connectivity index (χ4n) is 2.38. The summed E-state index contributed by atoms with van der Waals surface area (Å²) >= 11 is 0. The average molecular weight is 320 g/mol. The van der Waals surface area contributed by atoms with Crippen LogP contribution in [-0.4, -0.2) is 30.4 Å². The molecule has 0 saturated carbocycles. The Kier molecular flexibility index (Phi) is 4.77. The second-order valence-corrected chi connectivity index (χ2v) is 5.44. The van der Waals surface area contributed by atoms with E-state index in [4.69, 9.17) is 0 Å². The van der Waals surface area contributed by atoms with Gasteiger partial charge in [0.1, 0.15) is 11.9 Å². The van der Waals surface area contributed by atoms with Gasteiger partial charge < -0.3 is 5.32 Å². The summed E-state index contributed by atoms with van der Waals surface area (Å²) in [5, 5.41) is 21.8. The number of aryl methyl sites for hydroxylation is 2. The third kappa shape index (κ3) is 3.55. The standard InChI is InChI=1S/C14H20N6O3/c1-9(12-7-15-18(4)10(12)2)17-14(21)5-6-19-11(3)13(8-16-19)20(22)23/h7-9H,5-6H2,1-4H3,(H,17,21). The van der Waals surface area contributed by atoms with Gasteiger partial charge in [-0.2, -0.15) is 10.2 Å². The van der Waals surface area contributed by atoms with Crippen LogP contribution in [0.25, 0.3) is 0 Å². The van der Waals surface area contributed by atoms with Gasteiger partial charge in [0.15, 0.2) is 0 Å². The number of nitrogens with zero attached hydrogens (tertiary/aromatic N) is 5. The molecule has 0 saturated heterocycles. The molecule has 2 aromatic rings. The molecule has 2 rings (SSSR count). The number of nitrogens with one attached hydrogen (secondary N) is 1. The zero-order chi connectivity index (χ0) is 17.1. The van der Waals surface area contributed by atoms with Crippen LogP contribution >= 0.6 is 0 Å². The Balaban J connectivity index is 1.93. The van der Waals surface area contributed by atoms with E-state index in [9.17, 15) is 14.9 Å². The molecule has 9 heteroatoms. The van der Waals surface area contributed by atoms with Gasteiger partial charge in [0.05, 0.1) is 23.7 Å². The molecule has 1 N–H and O–H groups in total. The quantitative estimate of drug-likeness (QED) is 0.639. The molecule has 2 heterocycles. The Morgan fingerprint density at radius 1 is 1.35 bits per heavy atom. The maximum Gasteiger partial charge on any atom is 0.309 e. The Labute approximate surface area is 133 Å². The number of carbonyl (C=O) groups is 1. The first-order valence-corrected chi connectivity index (χ1v) is 7.26. The van der Waals surface area contributed by atoms with E-state index >= 15 is 0 Å². The molecule has 2 aromatic heterocycles. The highest BCUT2D eigenvalue weighted by Crippen LogP contribution is 2.17. The minimum absolute atomic E-state index is 0.0373. The highest BCUT2D eigenvalue weighted by molar-refractivity contribution is 5.76. The van der Waals surface area contributed by atoms with E-state index in [2.05, 4.69) is 15.5 Å². The molecule has 0 aliphatic heterocycles. The first-order chi connectivity index (χ1) is 10.8. The van der Waals surface area contributed by atoms with Gasteiger partial charge in [-0.15, -0.1) is 0 Å². The summed E-state index contributed by atoms with van der Waals surface area (Å²) in [6.45, 7) is 5.75. The predicted molar refractivity (Wildman–Crippen MR) is 82.7 cm³/mol. The summed E-state index contributed by atoms with van der Waals surface area (Å²) < 4.78 is 3.22. The summed E-state index contributed by atoms with van der Waals surface area (Å²) in [4.78, 5) is 22.4. The minimum atomic E-state index is -0.480. The van der Waals surface area contributed by atoms with E-state index in [1.54, 1.807) is 17.8 Å². The fourth-order valence-corrected chi connectivity index (χ4v) is 2.38. The normalized spacial score (nSPS) is 12.2. The molecule has 0 radical (unpaired) electrons. The van der Waals surface area contributed by atoms with E-state index in [-0.39, 0.29) is 24.1 Å². The molecule has 0 spiro atoms. The minimum Gasteiger partial charge on any atom is -0.349 e. The molecule has 124 valence electrons. The fraction of sp³-hybridized carbons (Fsp3) is 0.500. The second-order valence-electron chi connectivity index (χ2n) is 5.44. The molecular weight excluding hydrogens is 300 g/mol. The van der Waals surface area contributed by atoms with Crippen LogP contribution in [0.5, 0.6) is 0 Å². The Hall–Kier alpha value is -2.71. The predicted octanol–water partition coefficient (Wildman–Crippen LogP) is 1.41. The molecule has 0 fully saturated rings. The lowest BCUT2D eigenvalue weighted by Crippen LogP contribution is -2.28. The Bertz CT molecular complexity index is 733. The van der Waals surface area contributed by atoms with E-state index < -0.39 is 4.92 Å². The summed E-state index contributed by atoms with van der Waals surface area (Å²) in [6, 6.07) is -0.149. The molecule has 0 aliphatic carbocycles. The van der Waals surface area contributed by atoms with Crippen molar-refractivity contribution in [3.8, 4) is 0 Å². The Morgan fingerprint density at radius 3 is 2.57 bits per heavy atom. The van der Waals surface area contributed by atoms with Crippen LogP contribution in [0.4, 0.5) is 5.69 Å². The van der Waals surface area contributed by atoms with Gasteiger partial charge >= 0.3 is 5.69 Å². The smallest absolute Gasteiger partial charge is 0.309 e. The number of hydrogen-bond donors (Lipinski definition) is 1.